The molecule has 1 aromatic rings. The van der Waals surface area contributed by atoms with Crippen LogP contribution in [-0.2, 0) is 14.8 Å². The van der Waals surface area contributed by atoms with Gasteiger partial charge in [-0.15, -0.1) is 0 Å². The molecule has 140 valence electrons. The normalized spacial score (nSPS) is 18.1. The third-order valence-electron chi connectivity index (χ3n) is 4.05. The summed E-state index contributed by atoms with van der Waals surface area (Å²) in [5, 5.41) is 2.95. The highest BCUT2D eigenvalue weighted by Crippen LogP contribution is 2.17. The van der Waals surface area contributed by atoms with Gasteiger partial charge < -0.3 is 10.1 Å². The number of sulfonamides is 1. The first-order chi connectivity index (χ1) is 11.8. The Kier molecular flexibility index (Phi) is 6.78. The van der Waals surface area contributed by atoms with Crippen LogP contribution in [0.4, 0.5) is 0 Å². The predicted octanol–water partition coefficient (Wildman–Crippen LogP) is 1.42. The van der Waals surface area contributed by atoms with E-state index in [0.29, 0.717) is 31.7 Å². The zero-order valence-electron chi connectivity index (χ0n) is 15.0. The minimum atomic E-state index is -3.20. The summed E-state index contributed by atoms with van der Waals surface area (Å²) in [6.45, 7) is 6.36. The first-order valence-electron chi connectivity index (χ1n) is 8.63. The lowest BCUT2D eigenvalue weighted by Crippen LogP contribution is -2.49. The maximum absolute atomic E-state index is 12.3. The van der Waals surface area contributed by atoms with Crippen LogP contribution in [0, 0.1) is 5.92 Å². The van der Waals surface area contributed by atoms with Gasteiger partial charge >= 0.3 is 0 Å². The number of amides is 1. The van der Waals surface area contributed by atoms with Crippen LogP contribution in [0.5, 0.6) is 5.75 Å². The summed E-state index contributed by atoms with van der Waals surface area (Å²) < 4.78 is 31.6. The van der Waals surface area contributed by atoms with Gasteiger partial charge in [-0.2, -0.15) is 0 Å². The van der Waals surface area contributed by atoms with E-state index < -0.39 is 16.1 Å². The number of hydrogen-bond donors (Lipinski definition) is 1. The number of nitrogens with zero attached hydrogens (tertiary/aromatic N) is 2. The monoisotopic (exact) mass is 369 g/mol. The first-order valence-corrected chi connectivity index (χ1v) is 10.2. The Hall–Kier alpha value is -1.67. The zero-order valence-corrected chi connectivity index (χ0v) is 15.8. The van der Waals surface area contributed by atoms with Crippen molar-refractivity contribution in [2.45, 2.75) is 45.8 Å². The van der Waals surface area contributed by atoms with Crippen molar-refractivity contribution in [3.63, 3.8) is 0 Å². The molecule has 8 heteroatoms. The summed E-state index contributed by atoms with van der Waals surface area (Å²) in [7, 11) is -3.20. The van der Waals surface area contributed by atoms with Crippen LogP contribution in [0.15, 0.2) is 24.5 Å². The summed E-state index contributed by atoms with van der Waals surface area (Å²) in [6.07, 6.45) is 3.79. The molecule has 1 saturated heterocycles. The fourth-order valence-corrected chi connectivity index (χ4v) is 4.62. The van der Waals surface area contributed by atoms with Gasteiger partial charge in [0.2, 0.25) is 10.0 Å². The molecule has 1 unspecified atom stereocenters. The van der Waals surface area contributed by atoms with Crippen molar-refractivity contribution in [2.75, 3.05) is 18.8 Å². The largest absolute Gasteiger partial charge is 0.479 e. The second-order valence-corrected chi connectivity index (χ2v) is 8.82. The van der Waals surface area contributed by atoms with Crippen molar-refractivity contribution in [1.29, 1.82) is 0 Å². The number of nitrogens with one attached hydrogen (secondary N) is 1. The highest BCUT2D eigenvalue weighted by molar-refractivity contribution is 7.89. The Morgan fingerprint density at radius 1 is 1.36 bits per heavy atom. The van der Waals surface area contributed by atoms with Crippen molar-refractivity contribution in [3.8, 4) is 5.75 Å². The van der Waals surface area contributed by atoms with Crippen molar-refractivity contribution in [1.82, 2.24) is 14.6 Å². The summed E-state index contributed by atoms with van der Waals surface area (Å²) in [6, 6.07) is 3.46. The first kappa shape index (κ1) is 19.7. The number of aromatic nitrogens is 1. The van der Waals surface area contributed by atoms with Crippen LogP contribution in [0.3, 0.4) is 0 Å². The fraction of sp³-hybridized carbons (Fsp3) is 0.647. The zero-order chi connectivity index (χ0) is 18.4. The van der Waals surface area contributed by atoms with E-state index in [9.17, 15) is 13.2 Å². The number of carbonyl (C=O) groups is 1. The minimum Gasteiger partial charge on any atom is -0.479 e. The van der Waals surface area contributed by atoms with E-state index in [1.807, 2.05) is 13.8 Å². The average Bonchev–Trinajstić information content (AvgIpc) is 2.55. The van der Waals surface area contributed by atoms with E-state index in [-0.39, 0.29) is 23.6 Å². The molecule has 2 heterocycles. The van der Waals surface area contributed by atoms with Gasteiger partial charge in [0.1, 0.15) is 5.75 Å². The standard InChI is InChI=1S/C17H27N3O4S/c1-13(2)12-25(22,23)20-9-6-15(7-10-20)19-17(21)14(3)24-16-5-4-8-18-11-16/h4-5,8,11,13-15H,6-7,9-10,12H2,1-3H3,(H,19,21). The second-order valence-electron chi connectivity index (χ2n) is 6.80. The van der Waals surface area contributed by atoms with E-state index in [0.717, 1.165) is 0 Å². The maximum atomic E-state index is 12.3. The summed E-state index contributed by atoms with van der Waals surface area (Å²) in [4.78, 5) is 16.2. The third kappa shape index (κ3) is 5.97. The lowest BCUT2D eigenvalue weighted by Gasteiger charge is -2.32. The molecule has 25 heavy (non-hydrogen) atoms. The van der Waals surface area contributed by atoms with Gasteiger partial charge in [-0.25, -0.2) is 12.7 Å². The number of hydrogen-bond acceptors (Lipinski definition) is 5. The molecule has 1 aliphatic rings. The van der Waals surface area contributed by atoms with Crippen LogP contribution in [0.25, 0.3) is 0 Å². The van der Waals surface area contributed by atoms with Crippen LogP contribution in [0.1, 0.15) is 33.6 Å². The van der Waals surface area contributed by atoms with E-state index >= 15 is 0 Å². The molecule has 0 aromatic carbocycles. The quantitative estimate of drug-likeness (QED) is 0.785. The van der Waals surface area contributed by atoms with Gasteiger partial charge in [0.25, 0.3) is 5.91 Å². The van der Waals surface area contributed by atoms with Crippen molar-refractivity contribution < 1.29 is 17.9 Å². The summed E-state index contributed by atoms with van der Waals surface area (Å²) >= 11 is 0. The molecular formula is C17H27N3O4S. The van der Waals surface area contributed by atoms with E-state index in [2.05, 4.69) is 10.3 Å². The molecule has 1 aliphatic heterocycles. The summed E-state index contributed by atoms with van der Waals surface area (Å²) in [5.74, 6) is 0.611. The lowest BCUT2D eigenvalue weighted by atomic mass is 10.1. The molecule has 2 rings (SSSR count). The van der Waals surface area contributed by atoms with Crippen LogP contribution >= 0.6 is 0 Å². The number of pyridine rings is 1. The Labute approximate surface area is 149 Å². The SMILES string of the molecule is CC(C)CS(=O)(=O)N1CCC(NC(=O)C(C)Oc2cccnc2)CC1. The Balaban J connectivity index is 1.80. The van der Waals surface area contributed by atoms with E-state index in [4.69, 9.17) is 4.74 Å². The average molecular weight is 369 g/mol. The van der Waals surface area contributed by atoms with Gasteiger partial charge in [0.05, 0.1) is 11.9 Å². The minimum absolute atomic E-state index is 0.0297. The van der Waals surface area contributed by atoms with Crippen molar-refractivity contribution in [3.05, 3.63) is 24.5 Å². The molecule has 0 aliphatic carbocycles. The number of piperidine rings is 1. The molecule has 1 N–H and O–H groups in total. The number of rotatable bonds is 7. The van der Waals surface area contributed by atoms with E-state index in [1.165, 1.54) is 4.31 Å². The fourth-order valence-electron chi connectivity index (χ4n) is 2.80. The predicted molar refractivity (Wildman–Crippen MR) is 95.7 cm³/mol. The smallest absolute Gasteiger partial charge is 0.260 e. The second kappa shape index (κ2) is 8.62. The Morgan fingerprint density at radius 2 is 2.04 bits per heavy atom. The Bertz CT molecular complexity index is 656. The third-order valence-corrected chi connectivity index (χ3v) is 6.29. The van der Waals surface area contributed by atoms with Crippen LogP contribution in [0.2, 0.25) is 0 Å². The van der Waals surface area contributed by atoms with Gasteiger partial charge in [-0.3, -0.25) is 9.78 Å². The highest BCUT2D eigenvalue weighted by Gasteiger charge is 2.29. The van der Waals surface area contributed by atoms with Crippen LogP contribution in [-0.4, -0.2) is 54.6 Å². The number of carbonyl (C=O) groups excluding carboxylic acids is 1. The molecular weight excluding hydrogens is 342 g/mol. The molecule has 0 radical (unpaired) electrons. The topological polar surface area (TPSA) is 88.6 Å². The molecule has 1 aromatic heterocycles. The lowest BCUT2D eigenvalue weighted by molar-refractivity contribution is -0.128. The van der Waals surface area contributed by atoms with Gasteiger partial charge in [0.15, 0.2) is 6.10 Å². The molecule has 0 spiro atoms. The van der Waals surface area contributed by atoms with Gasteiger partial charge in [0, 0.05) is 25.3 Å². The van der Waals surface area contributed by atoms with Gasteiger partial charge in [-0.1, -0.05) is 13.8 Å². The summed E-state index contributed by atoms with van der Waals surface area (Å²) in [5.41, 5.74) is 0. The molecule has 0 bridgehead atoms. The highest BCUT2D eigenvalue weighted by atomic mass is 32.2. The molecule has 1 fully saturated rings. The number of ether oxygens (including phenoxy) is 1. The van der Waals surface area contributed by atoms with E-state index in [1.54, 1.807) is 31.5 Å². The molecule has 1 atom stereocenters. The van der Waals surface area contributed by atoms with Crippen molar-refractivity contribution in [2.24, 2.45) is 5.92 Å². The van der Waals surface area contributed by atoms with Gasteiger partial charge in [-0.05, 0) is 37.8 Å². The molecule has 7 nitrogen and oxygen atoms in total. The molecule has 1 amide bonds. The van der Waals surface area contributed by atoms with Crippen molar-refractivity contribution >= 4 is 15.9 Å². The Morgan fingerprint density at radius 3 is 2.60 bits per heavy atom. The maximum Gasteiger partial charge on any atom is 0.260 e. The molecule has 0 saturated carbocycles. The van der Waals surface area contributed by atoms with Crippen LogP contribution < -0.4 is 10.1 Å².